The number of ether oxygens (including phenoxy) is 2. The Labute approximate surface area is 168 Å². The van der Waals surface area contributed by atoms with Gasteiger partial charge in [-0.3, -0.25) is 14.4 Å². The molecule has 3 rings (SSSR count). The number of para-hydroxylation sites is 3. The van der Waals surface area contributed by atoms with E-state index in [9.17, 15) is 14.4 Å². The molecular weight excluding hydrogens is 374 g/mol. The first-order chi connectivity index (χ1) is 14.1. The van der Waals surface area contributed by atoms with E-state index in [1.165, 1.54) is 0 Å². The first-order valence-corrected chi connectivity index (χ1v) is 9.28. The molecule has 2 N–H and O–H groups in total. The minimum atomic E-state index is -0.296. The van der Waals surface area contributed by atoms with E-state index in [0.29, 0.717) is 35.8 Å². The van der Waals surface area contributed by atoms with Gasteiger partial charge >= 0.3 is 0 Å². The van der Waals surface area contributed by atoms with Gasteiger partial charge in [0.1, 0.15) is 5.75 Å². The lowest BCUT2D eigenvalue weighted by atomic mass is 10.1. The van der Waals surface area contributed by atoms with Crippen molar-refractivity contribution < 1.29 is 23.9 Å². The molecule has 29 heavy (non-hydrogen) atoms. The van der Waals surface area contributed by atoms with E-state index in [-0.39, 0.29) is 37.3 Å². The zero-order valence-electron chi connectivity index (χ0n) is 16.1. The van der Waals surface area contributed by atoms with Crippen molar-refractivity contribution in [2.45, 2.75) is 6.42 Å². The summed E-state index contributed by atoms with van der Waals surface area (Å²) in [6.07, 6.45) is 0.0830. The van der Waals surface area contributed by atoms with Gasteiger partial charge in [-0.25, -0.2) is 0 Å². The highest BCUT2D eigenvalue weighted by atomic mass is 16.5. The van der Waals surface area contributed by atoms with E-state index in [1.54, 1.807) is 48.4 Å². The molecule has 2 aromatic rings. The van der Waals surface area contributed by atoms with Crippen LogP contribution in [0.5, 0.6) is 5.75 Å². The molecule has 0 atom stereocenters. The molecule has 0 spiro atoms. The third kappa shape index (κ3) is 5.11. The van der Waals surface area contributed by atoms with E-state index < -0.39 is 0 Å². The van der Waals surface area contributed by atoms with Crippen LogP contribution >= 0.6 is 0 Å². The van der Waals surface area contributed by atoms with Crippen LogP contribution in [0.25, 0.3) is 0 Å². The molecule has 0 unspecified atom stereocenters. The van der Waals surface area contributed by atoms with Gasteiger partial charge in [-0.15, -0.1) is 0 Å². The highest BCUT2D eigenvalue weighted by molar-refractivity contribution is 6.04. The van der Waals surface area contributed by atoms with E-state index in [4.69, 9.17) is 9.47 Å². The lowest BCUT2D eigenvalue weighted by Gasteiger charge is -2.29. The van der Waals surface area contributed by atoms with Crippen molar-refractivity contribution in [3.8, 4) is 5.75 Å². The molecule has 8 nitrogen and oxygen atoms in total. The first-order valence-electron chi connectivity index (χ1n) is 9.28. The Morgan fingerprint density at radius 1 is 1.14 bits per heavy atom. The number of nitrogens with zero attached hydrogens (tertiary/aromatic N) is 1. The third-order valence-corrected chi connectivity index (χ3v) is 4.41. The zero-order valence-corrected chi connectivity index (χ0v) is 16.1. The maximum atomic E-state index is 12.5. The largest absolute Gasteiger partial charge is 0.482 e. The molecule has 0 radical (unpaired) electrons. The van der Waals surface area contributed by atoms with Crippen LogP contribution < -0.4 is 20.3 Å². The molecular formula is C21H23N3O5. The molecule has 0 saturated carbocycles. The lowest BCUT2D eigenvalue weighted by Crippen LogP contribution is -2.40. The summed E-state index contributed by atoms with van der Waals surface area (Å²) in [7, 11) is 1.55. The molecule has 1 aliphatic rings. The van der Waals surface area contributed by atoms with Crippen LogP contribution in [0, 0.1) is 0 Å². The average Bonchev–Trinajstić information content (AvgIpc) is 2.73. The standard InChI is InChI=1S/C21H23N3O5/c1-28-13-11-22-21(27)15-6-2-3-7-16(15)23-19(25)10-12-24-17-8-4-5-9-18(17)29-14-20(24)26/h2-9H,10-14H2,1H3,(H,22,27)(H,23,25). The summed E-state index contributed by atoms with van der Waals surface area (Å²) in [6.45, 7) is 0.932. The topological polar surface area (TPSA) is 97.0 Å². The van der Waals surface area contributed by atoms with Crippen LogP contribution in [0.2, 0.25) is 0 Å². The number of rotatable bonds is 8. The van der Waals surface area contributed by atoms with Gasteiger partial charge in [0.05, 0.1) is 23.5 Å². The Morgan fingerprint density at radius 3 is 2.72 bits per heavy atom. The molecule has 2 aromatic carbocycles. The molecule has 0 aliphatic carbocycles. The summed E-state index contributed by atoms with van der Waals surface area (Å²) in [6, 6.07) is 14.0. The molecule has 0 fully saturated rings. The molecule has 0 saturated heterocycles. The molecule has 8 heteroatoms. The minimum Gasteiger partial charge on any atom is -0.482 e. The summed E-state index contributed by atoms with van der Waals surface area (Å²) in [5.74, 6) is -0.172. The maximum Gasteiger partial charge on any atom is 0.265 e. The van der Waals surface area contributed by atoms with Crippen molar-refractivity contribution in [1.29, 1.82) is 0 Å². The zero-order chi connectivity index (χ0) is 20.6. The number of hydrogen-bond donors (Lipinski definition) is 2. The Hall–Kier alpha value is -3.39. The van der Waals surface area contributed by atoms with Crippen LogP contribution in [-0.2, 0) is 14.3 Å². The van der Waals surface area contributed by atoms with Gasteiger partial charge < -0.3 is 25.0 Å². The van der Waals surface area contributed by atoms with Gasteiger partial charge in [-0.2, -0.15) is 0 Å². The van der Waals surface area contributed by atoms with Gasteiger partial charge in [0.2, 0.25) is 5.91 Å². The monoisotopic (exact) mass is 397 g/mol. The van der Waals surface area contributed by atoms with E-state index in [0.717, 1.165) is 0 Å². The Balaban J connectivity index is 1.62. The quantitative estimate of drug-likeness (QED) is 0.663. The van der Waals surface area contributed by atoms with Crippen LogP contribution in [0.15, 0.2) is 48.5 Å². The summed E-state index contributed by atoms with van der Waals surface area (Å²) in [5.41, 5.74) is 1.43. The van der Waals surface area contributed by atoms with Crippen LogP contribution in [0.3, 0.4) is 0 Å². The molecule has 0 bridgehead atoms. The van der Waals surface area contributed by atoms with Crippen molar-refractivity contribution in [1.82, 2.24) is 5.32 Å². The van der Waals surface area contributed by atoms with Crippen LogP contribution in [0.4, 0.5) is 11.4 Å². The average molecular weight is 397 g/mol. The van der Waals surface area contributed by atoms with Crippen molar-refractivity contribution in [2.24, 2.45) is 0 Å². The fourth-order valence-corrected chi connectivity index (χ4v) is 2.98. The Bertz CT molecular complexity index is 899. The van der Waals surface area contributed by atoms with E-state index in [1.807, 2.05) is 12.1 Å². The van der Waals surface area contributed by atoms with Crippen LogP contribution in [-0.4, -0.2) is 51.1 Å². The summed E-state index contributed by atoms with van der Waals surface area (Å²) in [5, 5.41) is 5.49. The number of benzene rings is 2. The van der Waals surface area contributed by atoms with E-state index in [2.05, 4.69) is 10.6 Å². The second-order valence-electron chi connectivity index (χ2n) is 6.39. The van der Waals surface area contributed by atoms with Crippen molar-refractivity contribution in [3.63, 3.8) is 0 Å². The summed E-state index contributed by atoms with van der Waals surface area (Å²) >= 11 is 0. The fourth-order valence-electron chi connectivity index (χ4n) is 2.98. The number of amides is 3. The number of fused-ring (bicyclic) bond motifs is 1. The van der Waals surface area contributed by atoms with Gasteiger partial charge in [-0.05, 0) is 24.3 Å². The van der Waals surface area contributed by atoms with Crippen LogP contribution in [0.1, 0.15) is 16.8 Å². The predicted molar refractivity (Wildman–Crippen MR) is 108 cm³/mol. The highest BCUT2D eigenvalue weighted by Gasteiger charge is 2.25. The van der Waals surface area contributed by atoms with Gasteiger partial charge in [-0.1, -0.05) is 24.3 Å². The number of carbonyl (C=O) groups is 3. The molecule has 1 aliphatic heterocycles. The summed E-state index contributed by atoms with van der Waals surface area (Å²) < 4.78 is 10.3. The van der Waals surface area contributed by atoms with Crippen molar-refractivity contribution in [3.05, 3.63) is 54.1 Å². The Kier molecular flexibility index (Phi) is 6.80. The Morgan fingerprint density at radius 2 is 1.90 bits per heavy atom. The van der Waals surface area contributed by atoms with Gasteiger partial charge in [0.25, 0.3) is 11.8 Å². The second kappa shape index (κ2) is 9.70. The smallest absolute Gasteiger partial charge is 0.265 e. The molecule has 3 amide bonds. The maximum absolute atomic E-state index is 12.5. The molecule has 0 aromatic heterocycles. The number of anilines is 2. The van der Waals surface area contributed by atoms with Crippen molar-refractivity contribution >= 4 is 29.1 Å². The number of nitrogens with one attached hydrogen (secondary N) is 2. The summed E-state index contributed by atoms with van der Waals surface area (Å²) in [4.78, 5) is 38.5. The van der Waals surface area contributed by atoms with Gasteiger partial charge in [0.15, 0.2) is 6.61 Å². The van der Waals surface area contributed by atoms with E-state index >= 15 is 0 Å². The first kappa shape index (κ1) is 20.3. The molecule has 1 heterocycles. The predicted octanol–water partition coefficient (Wildman–Crippen LogP) is 1.82. The number of methoxy groups -OCH3 is 1. The third-order valence-electron chi connectivity index (χ3n) is 4.41. The fraction of sp³-hybridized carbons (Fsp3) is 0.286. The number of carbonyl (C=O) groups excluding carboxylic acids is 3. The molecule has 152 valence electrons. The SMILES string of the molecule is COCCNC(=O)c1ccccc1NC(=O)CCN1C(=O)COc2ccccc21. The van der Waals surface area contributed by atoms with Gasteiger partial charge in [0, 0.05) is 26.6 Å². The normalized spacial score (nSPS) is 12.7. The lowest BCUT2D eigenvalue weighted by molar-refractivity contribution is -0.121. The van der Waals surface area contributed by atoms with Crippen molar-refractivity contribution in [2.75, 3.05) is 43.6 Å². The highest BCUT2D eigenvalue weighted by Crippen LogP contribution is 2.31. The second-order valence-corrected chi connectivity index (χ2v) is 6.39. The number of hydrogen-bond acceptors (Lipinski definition) is 5. The minimum absolute atomic E-state index is 0.0525.